The molecule has 2 aromatic carbocycles. The molecule has 1 unspecified atom stereocenters. The molecule has 0 heterocycles. The van der Waals surface area contributed by atoms with E-state index in [9.17, 15) is 4.39 Å². The molecule has 19 heavy (non-hydrogen) atoms. The largest absolute Gasteiger partial charge is 0.495 e. The smallest absolute Gasteiger partial charge is 0.137 e. The minimum atomic E-state index is -0.446. The Morgan fingerprint density at radius 3 is 2.58 bits per heavy atom. The second-order valence-electron chi connectivity index (χ2n) is 4.07. The lowest BCUT2D eigenvalue weighted by Gasteiger charge is -2.15. The second kappa shape index (κ2) is 5.90. The van der Waals surface area contributed by atoms with Crippen LogP contribution < -0.4 is 10.5 Å². The van der Waals surface area contributed by atoms with E-state index in [-0.39, 0.29) is 5.82 Å². The van der Waals surface area contributed by atoms with E-state index in [0.717, 1.165) is 5.56 Å². The van der Waals surface area contributed by atoms with E-state index in [1.54, 1.807) is 24.3 Å². The van der Waals surface area contributed by atoms with Crippen LogP contribution in [0.5, 0.6) is 5.75 Å². The number of methoxy groups -OCH3 is 1. The third-order valence-corrected chi connectivity index (χ3v) is 3.55. The summed E-state index contributed by atoms with van der Waals surface area (Å²) in [6.45, 7) is 0. The van der Waals surface area contributed by atoms with E-state index in [1.807, 2.05) is 0 Å². The van der Waals surface area contributed by atoms with E-state index in [0.29, 0.717) is 20.8 Å². The van der Waals surface area contributed by atoms with Crippen LogP contribution in [-0.2, 0) is 0 Å². The monoisotopic (exact) mass is 343 g/mol. The molecule has 0 bridgehead atoms. The third kappa shape index (κ3) is 3.26. The van der Waals surface area contributed by atoms with Crippen molar-refractivity contribution in [3.05, 3.63) is 62.8 Å². The van der Waals surface area contributed by atoms with Crippen molar-refractivity contribution in [2.24, 2.45) is 5.73 Å². The highest BCUT2D eigenvalue weighted by Gasteiger charge is 2.13. The number of benzene rings is 2. The lowest BCUT2D eigenvalue weighted by Crippen LogP contribution is -2.12. The van der Waals surface area contributed by atoms with Gasteiger partial charge in [0.05, 0.1) is 18.2 Å². The maximum absolute atomic E-state index is 13.4. The summed E-state index contributed by atoms with van der Waals surface area (Å²) >= 11 is 9.22. The van der Waals surface area contributed by atoms with Gasteiger partial charge in [0.2, 0.25) is 0 Å². The van der Waals surface area contributed by atoms with Crippen molar-refractivity contribution < 1.29 is 9.13 Å². The van der Waals surface area contributed by atoms with Gasteiger partial charge in [-0.2, -0.15) is 0 Å². The molecule has 5 heteroatoms. The highest BCUT2D eigenvalue weighted by atomic mass is 79.9. The molecule has 0 aliphatic carbocycles. The van der Waals surface area contributed by atoms with Crippen molar-refractivity contribution in [2.45, 2.75) is 6.04 Å². The maximum atomic E-state index is 13.4. The normalized spacial score (nSPS) is 12.3. The van der Waals surface area contributed by atoms with Crippen LogP contribution in [0.2, 0.25) is 5.02 Å². The Bertz CT molecular complexity index is 586. The van der Waals surface area contributed by atoms with Crippen molar-refractivity contribution in [2.75, 3.05) is 7.11 Å². The SMILES string of the molecule is COc1cc(C(N)c2cc(F)cc(Br)c2)ccc1Cl. The quantitative estimate of drug-likeness (QED) is 0.901. The summed E-state index contributed by atoms with van der Waals surface area (Å²) in [6.07, 6.45) is 0. The molecule has 2 N–H and O–H groups in total. The number of halogens is 3. The number of hydrogen-bond donors (Lipinski definition) is 1. The van der Waals surface area contributed by atoms with E-state index in [1.165, 1.54) is 19.2 Å². The van der Waals surface area contributed by atoms with Crippen molar-refractivity contribution in [1.29, 1.82) is 0 Å². The molecule has 0 amide bonds. The number of hydrogen-bond acceptors (Lipinski definition) is 2. The first-order valence-corrected chi connectivity index (χ1v) is 6.73. The first-order chi connectivity index (χ1) is 9.01. The van der Waals surface area contributed by atoms with Gasteiger partial charge in [0, 0.05) is 4.47 Å². The number of rotatable bonds is 3. The topological polar surface area (TPSA) is 35.2 Å². The van der Waals surface area contributed by atoms with Crippen LogP contribution in [0.3, 0.4) is 0 Å². The molecule has 0 spiro atoms. The molecule has 2 rings (SSSR count). The molecule has 0 aromatic heterocycles. The average molecular weight is 345 g/mol. The van der Waals surface area contributed by atoms with Crippen LogP contribution >= 0.6 is 27.5 Å². The Balaban J connectivity index is 2.40. The molecule has 0 aliphatic rings. The third-order valence-electron chi connectivity index (χ3n) is 2.78. The van der Waals surface area contributed by atoms with Gasteiger partial charge in [-0.3, -0.25) is 0 Å². The molecule has 100 valence electrons. The Morgan fingerprint density at radius 2 is 1.95 bits per heavy atom. The molecule has 2 nitrogen and oxygen atoms in total. The van der Waals surface area contributed by atoms with Crippen molar-refractivity contribution >= 4 is 27.5 Å². The van der Waals surface area contributed by atoms with E-state index < -0.39 is 6.04 Å². The predicted molar refractivity (Wildman–Crippen MR) is 78.1 cm³/mol. The molecule has 1 atom stereocenters. The van der Waals surface area contributed by atoms with Gasteiger partial charge in [-0.1, -0.05) is 33.6 Å². The van der Waals surface area contributed by atoms with Gasteiger partial charge >= 0.3 is 0 Å². The molecular weight excluding hydrogens is 333 g/mol. The molecule has 2 aromatic rings. The zero-order valence-electron chi connectivity index (χ0n) is 10.2. The highest BCUT2D eigenvalue weighted by Crippen LogP contribution is 2.30. The van der Waals surface area contributed by atoms with Gasteiger partial charge in [-0.15, -0.1) is 0 Å². The highest BCUT2D eigenvalue weighted by molar-refractivity contribution is 9.10. The summed E-state index contributed by atoms with van der Waals surface area (Å²) in [5.41, 5.74) is 7.62. The van der Waals surface area contributed by atoms with Crippen LogP contribution in [0.15, 0.2) is 40.9 Å². The standard InChI is InChI=1S/C14H12BrClFNO/c1-19-13-6-8(2-3-12(13)16)14(18)9-4-10(15)7-11(17)5-9/h2-7,14H,18H2,1H3. The Morgan fingerprint density at radius 1 is 1.21 bits per heavy atom. The fourth-order valence-electron chi connectivity index (χ4n) is 1.82. The molecule has 0 radical (unpaired) electrons. The summed E-state index contributed by atoms with van der Waals surface area (Å²) in [7, 11) is 1.54. The van der Waals surface area contributed by atoms with Crippen LogP contribution in [0.25, 0.3) is 0 Å². The van der Waals surface area contributed by atoms with Gasteiger partial charge < -0.3 is 10.5 Å². The van der Waals surface area contributed by atoms with E-state index >= 15 is 0 Å². The summed E-state index contributed by atoms with van der Waals surface area (Å²) in [4.78, 5) is 0. The van der Waals surface area contributed by atoms with Crippen molar-refractivity contribution in [1.82, 2.24) is 0 Å². The van der Waals surface area contributed by atoms with Gasteiger partial charge in [0.15, 0.2) is 0 Å². The minimum Gasteiger partial charge on any atom is -0.495 e. The van der Waals surface area contributed by atoms with Gasteiger partial charge in [0.1, 0.15) is 11.6 Å². The fourth-order valence-corrected chi connectivity index (χ4v) is 2.49. The predicted octanol–water partition coefficient (Wildman–Crippen LogP) is 4.30. The van der Waals surface area contributed by atoms with Crippen LogP contribution in [0, 0.1) is 5.82 Å². The summed E-state index contributed by atoms with van der Waals surface area (Å²) < 4.78 is 19.2. The second-order valence-corrected chi connectivity index (χ2v) is 5.40. The summed E-state index contributed by atoms with van der Waals surface area (Å²) in [5, 5.41) is 0.513. The van der Waals surface area contributed by atoms with Crippen molar-refractivity contribution in [3.63, 3.8) is 0 Å². The first-order valence-electron chi connectivity index (χ1n) is 5.56. The van der Waals surface area contributed by atoms with Crippen LogP contribution in [-0.4, -0.2) is 7.11 Å². The zero-order valence-corrected chi connectivity index (χ0v) is 12.5. The molecule has 0 fully saturated rings. The molecular formula is C14H12BrClFNO. The van der Waals surface area contributed by atoms with E-state index in [4.69, 9.17) is 22.1 Å². The molecule has 0 saturated heterocycles. The molecule has 0 saturated carbocycles. The fraction of sp³-hybridized carbons (Fsp3) is 0.143. The lowest BCUT2D eigenvalue weighted by molar-refractivity contribution is 0.414. The van der Waals surface area contributed by atoms with Gasteiger partial charge in [-0.05, 0) is 41.5 Å². The van der Waals surface area contributed by atoms with Gasteiger partial charge in [-0.25, -0.2) is 4.39 Å². The molecule has 0 aliphatic heterocycles. The van der Waals surface area contributed by atoms with Gasteiger partial charge in [0.25, 0.3) is 0 Å². The Labute approximate surface area is 124 Å². The lowest BCUT2D eigenvalue weighted by atomic mass is 9.99. The summed E-state index contributed by atoms with van der Waals surface area (Å²) in [5.74, 6) is 0.214. The zero-order chi connectivity index (χ0) is 14.0. The Hall–Kier alpha value is -1.10. The van der Waals surface area contributed by atoms with Crippen LogP contribution in [0.4, 0.5) is 4.39 Å². The average Bonchev–Trinajstić information content (AvgIpc) is 2.37. The first kappa shape index (κ1) is 14.3. The Kier molecular flexibility index (Phi) is 4.45. The minimum absolute atomic E-state index is 0.333. The summed E-state index contributed by atoms with van der Waals surface area (Å²) in [6, 6.07) is 9.41. The number of ether oxygens (including phenoxy) is 1. The maximum Gasteiger partial charge on any atom is 0.137 e. The van der Waals surface area contributed by atoms with E-state index in [2.05, 4.69) is 15.9 Å². The van der Waals surface area contributed by atoms with Crippen LogP contribution in [0.1, 0.15) is 17.2 Å². The number of nitrogens with two attached hydrogens (primary N) is 1. The van der Waals surface area contributed by atoms with Crippen molar-refractivity contribution in [3.8, 4) is 5.75 Å².